The molecule has 0 saturated heterocycles. The minimum Gasteiger partial charge on any atom is -0.299 e. The fourth-order valence-electron chi connectivity index (χ4n) is 2.20. The summed E-state index contributed by atoms with van der Waals surface area (Å²) in [5.41, 5.74) is 2.81. The number of benzene rings is 1. The smallest absolute Gasteiger partial charge is 0.143 e. The maximum absolute atomic E-state index is 12.8. The first-order valence-electron chi connectivity index (χ1n) is 6.94. The normalized spacial score (nSPS) is 10.8. The lowest BCUT2D eigenvalue weighted by Gasteiger charge is -2.04. The van der Waals surface area contributed by atoms with Gasteiger partial charge in [-0.1, -0.05) is 19.1 Å². The van der Waals surface area contributed by atoms with Crippen LogP contribution in [0, 0.1) is 5.82 Å². The van der Waals surface area contributed by atoms with Gasteiger partial charge in [0.25, 0.3) is 0 Å². The lowest BCUT2D eigenvalue weighted by Crippen LogP contribution is -2.11. The van der Waals surface area contributed by atoms with Crippen molar-refractivity contribution >= 4 is 5.78 Å². The topological polar surface area (TPSA) is 34.9 Å². The van der Waals surface area contributed by atoms with E-state index in [2.05, 4.69) is 5.10 Å². The van der Waals surface area contributed by atoms with Crippen molar-refractivity contribution in [3.8, 4) is 0 Å². The molecule has 0 aliphatic rings. The monoisotopic (exact) mass is 274 g/mol. The summed E-state index contributed by atoms with van der Waals surface area (Å²) in [7, 11) is 0. The highest BCUT2D eigenvalue weighted by molar-refractivity contribution is 5.82. The molecule has 0 amide bonds. The first-order chi connectivity index (χ1) is 9.62. The number of aryl methyl sites for hydroxylation is 2. The summed E-state index contributed by atoms with van der Waals surface area (Å²) in [4.78, 5) is 12.1. The zero-order valence-electron chi connectivity index (χ0n) is 11.9. The molecule has 0 unspecified atom stereocenters. The van der Waals surface area contributed by atoms with E-state index in [1.165, 1.54) is 12.1 Å². The molecule has 0 saturated carbocycles. The highest BCUT2D eigenvalue weighted by Gasteiger charge is 2.11. The van der Waals surface area contributed by atoms with Crippen LogP contribution in [0.15, 0.2) is 30.3 Å². The number of ketones is 1. The third-order valence-corrected chi connectivity index (χ3v) is 3.27. The van der Waals surface area contributed by atoms with E-state index in [0.29, 0.717) is 12.8 Å². The van der Waals surface area contributed by atoms with Crippen molar-refractivity contribution < 1.29 is 9.18 Å². The Morgan fingerprint density at radius 3 is 2.50 bits per heavy atom. The number of rotatable bonds is 6. The number of hydrogen-bond acceptors (Lipinski definition) is 2. The van der Waals surface area contributed by atoms with Crippen LogP contribution in [-0.2, 0) is 30.6 Å². The average Bonchev–Trinajstić information content (AvgIpc) is 2.83. The quantitative estimate of drug-likeness (QED) is 0.811. The van der Waals surface area contributed by atoms with Crippen LogP contribution in [0.25, 0.3) is 0 Å². The Labute approximate surface area is 118 Å². The van der Waals surface area contributed by atoms with Gasteiger partial charge in [-0.25, -0.2) is 4.39 Å². The number of hydrogen-bond donors (Lipinski definition) is 0. The molecular formula is C16H19FN2O. The van der Waals surface area contributed by atoms with Gasteiger partial charge in [0.15, 0.2) is 0 Å². The molecular weight excluding hydrogens is 255 g/mol. The van der Waals surface area contributed by atoms with E-state index >= 15 is 0 Å². The van der Waals surface area contributed by atoms with Crippen molar-refractivity contribution in [1.82, 2.24) is 9.78 Å². The van der Waals surface area contributed by atoms with Gasteiger partial charge in [0.05, 0.1) is 5.69 Å². The van der Waals surface area contributed by atoms with Crippen molar-refractivity contribution in [2.45, 2.75) is 39.7 Å². The van der Waals surface area contributed by atoms with E-state index in [1.54, 1.807) is 12.1 Å². The average molecular weight is 274 g/mol. The van der Waals surface area contributed by atoms with Crippen LogP contribution in [-0.4, -0.2) is 15.6 Å². The van der Waals surface area contributed by atoms with Crippen molar-refractivity contribution in [2.24, 2.45) is 0 Å². The maximum atomic E-state index is 12.8. The molecule has 2 aromatic rings. The molecule has 0 atom stereocenters. The van der Waals surface area contributed by atoms with Gasteiger partial charge in [-0.15, -0.1) is 0 Å². The highest BCUT2D eigenvalue weighted by Crippen LogP contribution is 2.10. The zero-order valence-corrected chi connectivity index (χ0v) is 11.9. The maximum Gasteiger partial charge on any atom is 0.143 e. The Morgan fingerprint density at radius 2 is 1.90 bits per heavy atom. The SMILES string of the molecule is CCc1cc(CC(=O)Cc2ccc(F)cc2)n(CC)n1. The second kappa shape index (κ2) is 6.46. The fraction of sp³-hybridized carbons (Fsp3) is 0.375. The van der Waals surface area contributed by atoms with Crippen LogP contribution in [0.4, 0.5) is 4.39 Å². The number of nitrogens with zero attached hydrogens (tertiary/aromatic N) is 2. The van der Waals surface area contributed by atoms with E-state index in [4.69, 9.17) is 0 Å². The van der Waals surface area contributed by atoms with E-state index in [-0.39, 0.29) is 11.6 Å². The summed E-state index contributed by atoms with van der Waals surface area (Å²) in [6, 6.07) is 8.07. The van der Waals surface area contributed by atoms with Gasteiger partial charge in [-0.2, -0.15) is 5.10 Å². The van der Waals surface area contributed by atoms with Gasteiger partial charge in [-0.3, -0.25) is 9.48 Å². The molecule has 4 heteroatoms. The van der Waals surface area contributed by atoms with E-state index in [0.717, 1.165) is 29.9 Å². The molecule has 0 bridgehead atoms. The van der Waals surface area contributed by atoms with Crippen LogP contribution >= 0.6 is 0 Å². The molecule has 0 N–H and O–H groups in total. The van der Waals surface area contributed by atoms with Crippen molar-refractivity contribution in [2.75, 3.05) is 0 Å². The van der Waals surface area contributed by atoms with Gasteiger partial charge in [0.1, 0.15) is 11.6 Å². The molecule has 1 aromatic heterocycles. The third-order valence-electron chi connectivity index (χ3n) is 3.27. The van der Waals surface area contributed by atoms with Gasteiger partial charge < -0.3 is 0 Å². The van der Waals surface area contributed by atoms with E-state index < -0.39 is 0 Å². The Morgan fingerprint density at radius 1 is 1.20 bits per heavy atom. The minimum absolute atomic E-state index is 0.119. The second-order valence-electron chi connectivity index (χ2n) is 4.82. The Hall–Kier alpha value is -1.97. The first-order valence-corrected chi connectivity index (χ1v) is 6.94. The summed E-state index contributed by atoms with van der Waals surface area (Å²) >= 11 is 0. The number of carbonyl (C=O) groups excluding carboxylic acids is 1. The second-order valence-corrected chi connectivity index (χ2v) is 4.82. The van der Waals surface area contributed by atoms with Crippen molar-refractivity contribution in [3.63, 3.8) is 0 Å². The Balaban J connectivity index is 2.04. The van der Waals surface area contributed by atoms with Crippen molar-refractivity contribution in [1.29, 1.82) is 0 Å². The fourth-order valence-corrected chi connectivity index (χ4v) is 2.20. The van der Waals surface area contributed by atoms with Crippen molar-refractivity contribution in [3.05, 3.63) is 53.1 Å². The van der Waals surface area contributed by atoms with Crippen LogP contribution in [0.3, 0.4) is 0 Å². The summed E-state index contributed by atoms with van der Waals surface area (Å²) in [5.74, 6) is -0.160. The van der Waals surface area contributed by atoms with Gasteiger partial charge in [0.2, 0.25) is 0 Å². The molecule has 1 heterocycles. The first kappa shape index (κ1) is 14.4. The molecule has 0 radical (unpaired) electrons. The van der Waals surface area contributed by atoms with Crippen LogP contribution in [0.2, 0.25) is 0 Å². The number of aromatic nitrogens is 2. The largest absolute Gasteiger partial charge is 0.299 e. The molecule has 0 spiro atoms. The Bertz CT molecular complexity index is 587. The lowest BCUT2D eigenvalue weighted by atomic mass is 10.1. The van der Waals surface area contributed by atoms with Crippen LogP contribution < -0.4 is 0 Å². The van der Waals surface area contributed by atoms with Crippen LogP contribution in [0.1, 0.15) is 30.8 Å². The number of halogens is 1. The predicted octanol–water partition coefficient (Wildman–Crippen LogP) is 2.96. The summed E-state index contributed by atoms with van der Waals surface area (Å²) in [6.07, 6.45) is 1.57. The predicted molar refractivity (Wildman–Crippen MR) is 76.1 cm³/mol. The molecule has 0 aliphatic heterocycles. The summed E-state index contributed by atoms with van der Waals surface area (Å²) in [5, 5.41) is 4.43. The summed E-state index contributed by atoms with van der Waals surface area (Å²) < 4.78 is 14.7. The van der Waals surface area contributed by atoms with Gasteiger partial charge in [-0.05, 0) is 37.1 Å². The Kier molecular flexibility index (Phi) is 4.66. The van der Waals surface area contributed by atoms with E-state index in [1.807, 2.05) is 24.6 Å². The standard InChI is InChI=1S/C16H19FN2O/c1-3-14-10-15(19(4-2)18-14)11-16(20)9-12-5-7-13(17)8-6-12/h5-8,10H,3-4,9,11H2,1-2H3. The molecule has 106 valence electrons. The molecule has 0 aliphatic carbocycles. The molecule has 20 heavy (non-hydrogen) atoms. The van der Waals surface area contributed by atoms with E-state index in [9.17, 15) is 9.18 Å². The number of Topliss-reactive ketones (excluding diaryl/α,β-unsaturated/α-hetero) is 1. The van der Waals surface area contributed by atoms with Gasteiger partial charge in [0, 0.05) is 25.1 Å². The highest BCUT2D eigenvalue weighted by atomic mass is 19.1. The molecule has 0 fully saturated rings. The molecule has 3 nitrogen and oxygen atoms in total. The molecule has 2 rings (SSSR count). The number of carbonyl (C=O) groups is 1. The molecule has 1 aromatic carbocycles. The minimum atomic E-state index is -0.280. The third kappa shape index (κ3) is 3.53. The summed E-state index contributed by atoms with van der Waals surface area (Å²) in [6.45, 7) is 4.83. The lowest BCUT2D eigenvalue weighted by molar-refractivity contribution is -0.117. The zero-order chi connectivity index (χ0) is 14.5. The van der Waals surface area contributed by atoms with Gasteiger partial charge >= 0.3 is 0 Å². The van der Waals surface area contributed by atoms with Crippen LogP contribution in [0.5, 0.6) is 0 Å².